The molecule has 0 aliphatic carbocycles. The van der Waals surface area contributed by atoms with Gasteiger partial charge in [0, 0.05) is 49.8 Å². The Morgan fingerprint density at radius 1 is 1.22 bits per heavy atom. The van der Waals surface area contributed by atoms with Gasteiger partial charge in [-0.25, -0.2) is 0 Å². The van der Waals surface area contributed by atoms with E-state index >= 15 is 0 Å². The lowest BCUT2D eigenvalue weighted by Crippen LogP contribution is -2.49. The van der Waals surface area contributed by atoms with Gasteiger partial charge in [0.05, 0.1) is 6.54 Å². The Kier molecular flexibility index (Phi) is 4.92. The maximum Gasteiger partial charge on any atom is 0.234 e. The number of benzene rings is 1. The third kappa shape index (κ3) is 3.90. The zero-order valence-corrected chi connectivity index (χ0v) is 13.1. The molecule has 0 atom stereocenters. The van der Waals surface area contributed by atoms with Crippen molar-refractivity contribution >= 4 is 23.2 Å². The minimum absolute atomic E-state index is 0.0457. The number of para-hydroxylation sites is 1. The van der Waals surface area contributed by atoms with E-state index in [9.17, 15) is 9.59 Å². The summed E-state index contributed by atoms with van der Waals surface area (Å²) in [5, 5.41) is 4.20. The molecule has 6 heteroatoms. The molecule has 2 aromatic rings. The van der Waals surface area contributed by atoms with Crippen molar-refractivity contribution in [3.8, 4) is 0 Å². The average molecular weight is 314 g/mol. The second kappa shape index (κ2) is 7.28. The lowest BCUT2D eigenvalue weighted by atomic mass is 10.1. The fourth-order valence-corrected chi connectivity index (χ4v) is 2.96. The van der Waals surface area contributed by atoms with Crippen LogP contribution >= 0.6 is 0 Å². The predicted octanol–water partition coefficient (Wildman–Crippen LogP) is 0.601. The van der Waals surface area contributed by atoms with Gasteiger partial charge < -0.3 is 15.2 Å². The SMILES string of the molecule is O=CN1CCN(CC(=O)NCCc2c[nH]c3ccccc23)CC1. The number of H-pyrrole nitrogens is 1. The van der Waals surface area contributed by atoms with Gasteiger partial charge in [0.2, 0.25) is 12.3 Å². The standard InChI is InChI=1S/C17H22N4O2/c22-13-21-9-7-20(8-10-21)12-17(23)18-6-5-14-11-19-16-4-2-1-3-15(14)16/h1-4,11,13,19H,5-10,12H2,(H,18,23). The van der Waals surface area contributed by atoms with Crippen molar-refractivity contribution in [3.63, 3.8) is 0 Å². The summed E-state index contributed by atoms with van der Waals surface area (Å²) < 4.78 is 0. The summed E-state index contributed by atoms with van der Waals surface area (Å²) in [5.41, 5.74) is 2.35. The molecule has 1 aromatic carbocycles. The van der Waals surface area contributed by atoms with E-state index in [1.165, 1.54) is 10.9 Å². The van der Waals surface area contributed by atoms with Crippen LogP contribution in [0.25, 0.3) is 10.9 Å². The zero-order chi connectivity index (χ0) is 16.1. The summed E-state index contributed by atoms with van der Waals surface area (Å²) >= 11 is 0. The third-order valence-corrected chi connectivity index (χ3v) is 4.31. The highest BCUT2D eigenvalue weighted by molar-refractivity contribution is 5.83. The van der Waals surface area contributed by atoms with E-state index in [4.69, 9.17) is 0 Å². The summed E-state index contributed by atoms with van der Waals surface area (Å²) in [6, 6.07) is 8.18. The number of rotatable bonds is 6. The summed E-state index contributed by atoms with van der Waals surface area (Å²) in [4.78, 5) is 29.7. The van der Waals surface area contributed by atoms with E-state index in [-0.39, 0.29) is 5.91 Å². The normalized spacial score (nSPS) is 15.7. The fourth-order valence-electron chi connectivity index (χ4n) is 2.96. The van der Waals surface area contributed by atoms with Crippen LogP contribution in [0.2, 0.25) is 0 Å². The van der Waals surface area contributed by atoms with Crippen LogP contribution in [0, 0.1) is 0 Å². The molecule has 1 aliphatic rings. The summed E-state index contributed by atoms with van der Waals surface area (Å²) in [6.45, 7) is 3.96. The Labute approximate surface area is 135 Å². The van der Waals surface area contributed by atoms with Gasteiger partial charge in [0.1, 0.15) is 0 Å². The minimum Gasteiger partial charge on any atom is -0.361 e. The minimum atomic E-state index is 0.0457. The maximum absolute atomic E-state index is 12.0. The molecule has 6 nitrogen and oxygen atoms in total. The number of fused-ring (bicyclic) bond motifs is 1. The van der Waals surface area contributed by atoms with E-state index in [0.29, 0.717) is 26.2 Å². The highest BCUT2D eigenvalue weighted by Crippen LogP contribution is 2.17. The van der Waals surface area contributed by atoms with Crippen LogP contribution in [0.5, 0.6) is 0 Å². The number of carbonyl (C=O) groups is 2. The molecule has 1 aliphatic heterocycles. The summed E-state index contributed by atoms with van der Waals surface area (Å²) in [5.74, 6) is 0.0457. The summed E-state index contributed by atoms with van der Waals surface area (Å²) in [6.07, 6.45) is 3.70. The van der Waals surface area contributed by atoms with Crippen molar-refractivity contribution in [1.82, 2.24) is 20.1 Å². The van der Waals surface area contributed by atoms with Crippen LogP contribution in [0.1, 0.15) is 5.56 Å². The average Bonchev–Trinajstić information content (AvgIpc) is 2.99. The Bertz CT molecular complexity index is 674. The number of hydrogen-bond acceptors (Lipinski definition) is 3. The highest BCUT2D eigenvalue weighted by Gasteiger charge is 2.17. The lowest BCUT2D eigenvalue weighted by Gasteiger charge is -2.31. The van der Waals surface area contributed by atoms with E-state index in [1.807, 2.05) is 18.3 Å². The number of hydrogen-bond donors (Lipinski definition) is 2. The van der Waals surface area contributed by atoms with Gasteiger partial charge in [-0.15, -0.1) is 0 Å². The number of aromatic nitrogens is 1. The molecule has 1 saturated heterocycles. The molecule has 2 amide bonds. The van der Waals surface area contributed by atoms with Crippen LogP contribution in [-0.4, -0.2) is 66.4 Å². The van der Waals surface area contributed by atoms with Gasteiger partial charge >= 0.3 is 0 Å². The molecule has 1 aromatic heterocycles. The van der Waals surface area contributed by atoms with Crippen molar-refractivity contribution in [2.24, 2.45) is 0 Å². The van der Waals surface area contributed by atoms with Crippen LogP contribution in [0.4, 0.5) is 0 Å². The lowest BCUT2D eigenvalue weighted by molar-refractivity contribution is -0.123. The van der Waals surface area contributed by atoms with Crippen LogP contribution in [-0.2, 0) is 16.0 Å². The molecule has 0 radical (unpaired) electrons. The number of nitrogens with zero attached hydrogens (tertiary/aromatic N) is 2. The van der Waals surface area contributed by atoms with Gasteiger partial charge in [-0.3, -0.25) is 14.5 Å². The second-order valence-corrected chi connectivity index (χ2v) is 5.88. The number of aromatic amines is 1. The van der Waals surface area contributed by atoms with E-state index in [0.717, 1.165) is 31.4 Å². The second-order valence-electron chi connectivity index (χ2n) is 5.88. The Morgan fingerprint density at radius 3 is 2.78 bits per heavy atom. The van der Waals surface area contributed by atoms with Gasteiger partial charge in [0.15, 0.2) is 0 Å². The molecular formula is C17H22N4O2. The smallest absolute Gasteiger partial charge is 0.234 e. The first kappa shape index (κ1) is 15.6. The Hall–Kier alpha value is -2.34. The highest BCUT2D eigenvalue weighted by atomic mass is 16.2. The molecule has 0 spiro atoms. The molecule has 0 saturated carbocycles. The third-order valence-electron chi connectivity index (χ3n) is 4.31. The first-order valence-electron chi connectivity index (χ1n) is 7.99. The zero-order valence-electron chi connectivity index (χ0n) is 13.1. The van der Waals surface area contributed by atoms with Gasteiger partial charge in [-0.05, 0) is 18.1 Å². The molecule has 0 unspecified atom stereocenters. The molecule has 23 heavy (non-hydrogen) atoms. The van der Waals surface area contributed by atoms with Crippen molar-refractivity contribution in [1.29, 1.82) is 0 Å². The van der Waals surface area contributed by atoms with Crippen molar-refractivity contribution in [2.45, 2.75) is 6.42 Å². The molecule has 1 fully saturated rings. The van der Waals surface area contributed by atoms with E-state index < -0.39 is 0 Å². The Morgan fingerprint density at radius 2 is 2.00 bits per heavy atom. The van der Waals surface area contributed by atoms with Crippen LogP contribution in [0.3, 0.4) is 0 Å². The quantitative estimate of drug-likeness (QED) is 0.767. The summed E-state index contributed by atoms with van der Waals surface area (Å²) in [7, 11) is 0. The monoisotopic (exact) mass is 314 g/mol. The van der Waals surface area contributed by atoms with Crippen molar-refractivity contribution < 1.29 is 9.59 Å². The van der Waals surface area contributed by atoms with E-state index in [2.05, 4.69) is 27.3 Å². The van der Waals surface area contributed by atoms with E-state index in [1.54, 1.807) is 4.90 Å². The number of amides is 2. The van der Waals surface area contributed by atoms with Gasteiger partial charge in [0.25, 0.3) is 0 Å². The first-order valence-corrected chi connectivity index (χ1v) is 7.99. The van der Waals surface area contributed by atoms with Crippen molar-refractivity contribution in [3.05, 3.63) is 36.0 Å². The fraction of sp³-hybridized carbons (Fsp3) is 0.412. The number of carbonyl (C=O) groups excluding carboxylic acids is 2. The largest absolute Gasteiger partial charge is 0.361 e. The maximum atomic E-state index is 12.0. The topological polar surface area (TPSA) is 68.4 Å². The Balaban J connectivity index is 1.42. The first-order chi connectivity index (χ1) is 11.3. The van der Waals surface area contributed by atoms with Gasteiger partial charge in [-0.2, -0.15) is 0 Å². The predicted molar refractivity (Wildman–Crippen MR) is 89.1 cm³/mol. The molecule has 3 rings (SSSR count). The number of piperazine rings is 1. The van der Waals surface area contributed by atoms with Crippen LogP contribution in [0.15, 0.2) is 30.5 Å². The molecule has 0 bridgehead atoms. The molecule has 122 valence electrons. The molecular weight excluding hydrogens is 292 g/mol. The van der Waals surface area contributed by atoms with Crippen LogP contribution < -0.4 is 5.32 Å². The molecule has 2 heterocycles. The molecule has 2 N–H and O–H groups in total. The van der Waals surface area contributed by atoms with Crippen molar-refractivity contribution in [2.75, 3.05) is 39.3 Å². The number of nitrogens with one attached hydrogen (secondary N) is 2. The van der Waals surface area contributed by atoms with Gasteiger partial charge in [-0.1, -0.05) is 18.2 Å².